The van der Waals surface area contributed by atoms with Gasteiger partial charge in [0, 0.05) is 23.3 Å². The number of pyridine rings is 1. The van der Waals surface area contributed by atoms with Gasteiger partial charge in [-0.3, -0.25) is 0 Å². The van der Waals surface area contributed by atoms with Crippen LogP contribution in [0.3, 0.4) is 0 Å². The van der Waals surface area contributed by atoms with Crippen LogP contribution in [0.1, 0.15) is 5.56 Å². The predicted molar refractivity (Wildman–Crippen MR) is 62.8 cm³/mol. The molecule has 2 aromatic rings. The van der Waals surface area contributed by atoms with Crippen LogP contribution in [-0.4, -0.2) is 35.6 Å². The van der Waals surface area contributed by atoms with E-state index in [1.54, 1.807) is 6.20 Å². The molecule has 0 aliphatic carbocycles. The standard InChI is InChI=1S/C11H15ClN3/c1-15(2,3)7-8-5-13-11-10(8)4-9(12)6-14-11/h4-6H,7H2,1-3H3,(H,13,14)/q+1. The highest BCUT2D eigenvalue weighted by molar-refractivity contribution is 6.31. The molecule has 1 N–H and O–H groups in total. The third kappa shape index (κ3) is 2.30. The molecule has 2 rings (SSSR count). The van der Waals surface area contributed by atoms with Gasteiger partial charge in [0.2, 0.25) is 0 Å². The number of H-pyrrole nitrogens is 1. The highest BCUT2D eigenvalue weighted by Crippen LogP contribution is 2.21. The minimum absolute atomic E-state index is 0.685. The Hall–Kier alpha value is -1.06. The molecule has 0 spiro atoms. The van der Waals surface area contributed by atoms with Crippen molar-refractivity contribution < 1.29 is 4.48 Å². The van der Waals surface area contributed by atoms with Crippen LogP contribution >= 0.6 is 11.6 Å². The summed E-state index contributed by atoms with van der Waals surface area (Å²) < 4.78 is 0.888. The maximum absolute atomic E-state index is 5.94. The van der Waals surface area contributed by atoms with E-state index in [1.807, 2.05) is 12.3 Å². The Morgan fingerprint density at radius 2 is 2.13 bits per heavy atom. The van der Waals surface area contributed by atoms with E-state index in [0.717, 1.165) is 22.1 Å². The Kier molecular flexibility index (Phi) is 2.44. The lowest BCUT2D eigenvalue weighted by molar-refractivity contribution is -0.883. The van der Waals surface area contributed by atoms with Crippen molar-refractivity contribution in [3.05, 3.63) is 29.0 Å². The van der Waals surface area contributed by atoms with Crippen LogP contribution in [0.4, 0.5) is 0 Å². The fraction of sp³-hybridized carbons (Fsp3) is 0.364. The van der Waals surface area contributed by atoms with Gasteiger partial charge in [0.1, 0.15) is 12.2 Å². The summed E-state index contributed by atoms with van der Waals surface area (Å²) in [6, 6.07) is 1.96. The van der Waals surface area contributed by atoms with Crippen LogP contribution in [0.2, 0.25) is 5.02 Å². The zero-order chi connectivity index (χ0) is 11.1. The summed E-state index contributed by atoms with van der Waals surface area (Å²) in [5, 5.41) is 1.81. The summed E-state index contributed by atoms with van der Waals surface area (Å²) >= 11 is 5.94. The van der Waals surface area contributed by atoms with Gasteiger partial charge < -0.3 is 9.47 Å². The Morgan fingerprint density at radius 1 is 1.40 bits per heavy atom. The molecule has 15 heavy (non-hydrogen) atoms. The monoisotopic (exact) mass is 224 g/mol. The van der Waals surface area contributed by atoms with E-state index in [4.69, 9.17) is 11.6 Å². The number of halogens is 1. The van der Waals surface area contributed by atoms with E-state index in [0.29, 0.717) is 5.02 Å². The second kappa shape index (κ2) is 3.51. The van der Waals surface area contributed by atoms with Gasteiger partial charge in [-0.25, -0.2) is 4.98 Å². The summed E-state index contributed by atoms with van der Waals surface area (Å²) in [5.41, 5.74) is 2.16. The average molecular weight is 225 g/mol. The van der Waals surface area contributed by atoms with Crippen molar-refractivity contribution in [2.45, 2.75) is 6.54 Å². The molecule has 0 fully saturated rings. The van der Waals surface area contributed by atoms with Gasteiger partial charge >= 0.3 is 0 Å². The van der Waals surface area contributed by atoms with Crippen molar-refractivity contribution in [1.29, 1.82) is 0 Å². The number of quaternary nitrogens is 1. The van der Waals surface area contributed by atoms with Crippen molar-refractivity contribution in [3.8, 4) is 0 Å². The molecule has 0 radical (unpaired) electrons. The maximum Gasteiger partial charge on any atom is 0.137 e. The summed E-state index contributed by atoms with van der Waals surface area (Å²) in [6.07, 6.45) is 3.67. The molecule has 0 saturated carbocycles. The van der Waals surface area contributed by atoms with Gasteiger partial charge in [-0.05, 0) is 6.07 Å². The number of aromatic amines is 1. The molecule has 2 aromatic heterocycles. The quantitative estimate of drug-likeness (QED) is 0.780. The largest absolute Gasteiger partial charge is 0.346 e. The fourth-order valence-electron chi connectivity index (χ4n) is 1.67. The zero-order valence-electron chi connectivity index (χ0n) is 9.21. The first-order chi connectivity index (χ1) is 6.96. The Balaban J connectivity index is 2.48. The summed E-state index contributed by atoms with van der Waals surface area (Å²) in [6.45, 7) is 0.960. The maximum atomic E-state index is 5.94. The zero-order valence-corrected chi connectivity index (χ0v) is 9.97. The highest BCUT2D eigenvalue weighted by Gasteiger charge is 2.13. The minimum atomic E-state index is 0.685. The molecule has 80 valence electrons. The minimum Gasteiger partial charge on any atom is -0.346 e. The molecule has 4 heteroatoms. The lowest BCUT2D eigenvalue weighted by Crippen LogP contribution is -2.33. The van der Waals surface area contributed by atoms with Crippen LogP contribution in [0.15, 0.2) is 18.5 Å². The Morgan fingerprint density at radius 3 is 2.80 bits per heavy atom. The normalized spacial score (nSPS) is 12.3. The lowest BCUT2D eigenvalue weighted by atomic mass is 10.2. The van der Waals surface area contributed by atoms with Crippen molar-refractivity contribution in [3.63, 3.8) is 0 Å². The molecule has 0 amide bonds. The van der Waals surface area contributed by atoms with E-state index in [2.05, 4.69) is 31.1 Å². The van der Waals surface area contributed by atoms with Gasteiger partial charge in [-0.2, -0.15) is 0 Å². The van der Waals surface area contributed by atoms with Gasteiger partial charge in [-0.1, -0.05) is 11.6 Å². The number of hydrogen-bond acceptors (Lipinski definition) is 1. The summed E-state index contributed by atoms with van der Waals surface area (Å²) in [7, 11) is 6.49. The van der Waals surface area contributed by atoms with Crippen molar-refractivity contribution in [2.24, 2.45) is 0 Å². The molecule has 0 atom stereocenters. The Labute approximate surface area is 94.3 Å². The van der Waals surface area contributed by atoms with E-state index >= 15 is 0 Å². The first kappa shape index (κ1) is 10.5. The third-order valence-corrected chi connectivity index (χ3v) is 2.43. The molecule has 2 heterocycles. The SMILES string of the molecule is C[N+](C)(C)Cc1c[nH]c2ncc(Cl)cc12. The summed E-state index contributed by atoms with van der Waals surface area (Å²) in [5.74, 6) is 0. The number of nitrogens with zero attached hydrogens (tertiary/aromatic N) is 2. The van der Waals surface area contributed by atoms with Crippen LogP contribution < -0.4 is 0 Å². The smallest absolute Gasteiger partial charge is 0.137 e. The summed E-state index contributed by atoms with van der Waals surface area (Å²) in [4.78, 5) is 7.40. The molecule has 0 bridgehead atoms. The van der Waals surface area contributed by atoms with E-state index < -0.39 is 0 Å². The van der Waals surface area contributed by atoms with Gasteiger partial charge in [0.15, 0.2) is 0 Å². The third-order valence-electron chi connectivity index (χ3n) is 2.23. The number of fused-ring (bicyclic) bond motifs is 1. The van der Waals surface area contributed by atoms with Crippen molar-refractivity contribution in [1.82, 2.24) is 9.97 Å². The van der Waals surface area contributed by atoms with Crippen LogP contribution in [0.5, 0.6) is 0 Å². The molecule has 0 aliphatic heterocycles. The molecule has 0 aromatic carbocycles. The van der Waals surface area contributed by atoms with E-state index in [-0.39, 0.29) is 0 Å². The highest BCUT2D eigenvalue weighted by atomic mass is 35.5. The van der Waals surface area contributed by atoms with E-state index in [9.17, 15) is 0 Å². The fourth-order valence-corrected chi connectivity index (χ4v) is 1.83. The lowest BCUT2D eigenvalue weighted by Gasteiger charge is -2.23. The molecule has 3 nitrogen and oxygen atoms in total. The van der Waals surface area contributed by atoms with Crippen molar-refractivity contribution >= 4 is 22.6 Å². The number of hydrogen-bond donors (Lipinski definition) is 1. The number of nitrogens with one attached hydrogen (secondary N) is 1. The molecule has 0 saturated heterocycles. The second-order valence-electron chi connectivity index (χ2n) is 4.81. The number of rotatable bonds is 2. The molecule has 0 aliphatic rings. The Bertz CT molecular complexity index is 482. The average Bonchev–Trinajstić information content (AvgIpc) is 2.46. The predicted octanol–water partition coefficient (Wildman–Crippen LogP) is 2.42. The molecular formula is C11H15ClN3+. The van der Waals surface area contributed by atoms with Gasteiger partial charge in [0.05, 0.1) is 26.2 Å². The van der Waals surface area contributed by atoms with E-state index in [1.165, 1.54) is 5.56 Å². The van der Waals surface area contributed by atoms with Crippen LogP contribution in [0.25, 0.3) is 11.0 Å². The number of aromatic nitrogens is 2. The van der Waals surface area contributed by atoms with Gasteiger partial charge in [-0.15, -0.1) is 0 Å². The van der Waals surface area contributed by atoms with Crippen LogP contribution in [0, 0.1) is 0 Å². The molecule has 0 unspecified atom stereocenters. The van der Waals surface area contributed by atoms with Crippen molar-refractivity contribution in [2.75, 3.05) is 21.1 Å². The first-order valence-corrected chi connectivity index (χ1v) is 5.25. The molecular weight excluding hydrogens is 210 g/mol. The first-order valence-electron chi connectivity index (χ1n) is 4.88. The van der Waals surface area contributed by atoms with Crippen LogP contribution in [-0.2, 0) is 6.54 Å². The topological polar surface area (TPSA) is 28.7 Å². The second-order valence-corrected chi connectivity index (χ2v) is 5.25. The van der Waals surface area contributed by atoms with Gasteiger partial charge in [0.25, 0.3) is 0 Å².